The van der Waals surface area contributed by atoms with Crippen molar-refractivity contribution in [2.45, 2.75) is 19.8 Å². The fourth-order valence-electron chi connectivity index (χ4n) is 10.8. The number of anilines is 6. The summed E-state index contributed by atoms with van der Waals surface area (Å²) in [4.78, 5) is 54.9. The van der Waals surface area contributed by atoms with Crippen molar-refractivity contribution >= 4 is 179 Å². The molecule has 33 nitrogen and oxygen atoms in total. The largest absolute Gasteiger partial charge is 0.490 e. The van der Waals surface area contributed by atoms with E-state index in [0.29, 0.717) is 42.2 Å². The molecule has 1 aromatic heterocycles. The first-order valence-corrected chi connectivity index (χ1v) is 56.1. The standard InChI is InChI=1S/C14H12ClN3O3.C14H22N2O2S.C13H19N3O4S.C13H21N3O2S.C10H13N3O2.C4H8O.C3H7BrO2S.C3H8O3S.Br3P/c1-3-12(19)17-9-5-4-6-10(7-9)21-13-11(20-2)8-16-14(15)18-13;1-13-3-5-14(6-4-13)16-9-7-15(8-10-16)11-12-19(2,17)18;1-21(19,20)11-10-14-6-8-15(9-7-14)12-2-4-13(5-3-12)16(17)18;1-19(17,18)11-10-15-6-8-16(9-7-15)13-4-2-12(14)3-5-13;14-13(15)10-3-1-9(2-4-10)12-7-5-11-6-8-12;1-2-4-5-3-1;2*1-7(5,6)3-2-4;1-4(2)3/h3-8H,1H2,2H3,(H,17,19);3-6H,7-12H2,1-2H3;2-5H,6-11H2,1H3;2-5H,6-11,14H2,1H3;1-4,11H,5-8H2;1-4H2;2-3H2,1H3;4H,2-3H2,1H3;. The average Bonchev–Trinajstić information content (AvgIpc) is 0.885. The van der Waals surface area contributed by atoms with E-state index in [4.69, 9.17) is 36.7 Å². The van der Waals surface area contributed by atoms with Gasteiger partial charge in [-0.3, -0.25) is 39.7 Å². The summed E-state index contributed by atoms with van der Waals surface area (Å²) < 4.78 is 123. The number of benzene rings is 5. The Morgan fingerprint density at radius 1 is 0.602 bits per heavy atom. The van der Waals surface area contributed by atoms with Crippen LogP contribution in [0.1, 0.15) is 18.4 Å². The molecular weight excluding hydrogens is 1940 g/mol. The molecule has 118 heavy (non-hydrogen) atoms. The molecule has 5 saturated heterocycles. The maximum Gasteiger partial charge on any atom is 0.269 e. The van der Waals surface area contributed by atoms with Crippen LogP contribution in [0.5, 0.6) is 17.4 Å². The number of nitro groups is 2. The van der Waals surface area contributed by atoms with Crippen molar-refractivity contribution in [3.05, 3.63) is 171 Å². The molecule has 0 unspecified atom stereocenters. The van der Waals surface area contributed by atoms with Gasteiger partial charge in [-0.05, 0) is 157 Å². The SMILES string of the molecule is BrP(Br)Br.C1CCOC1.C=CC(=O)Nc1cccc(Oc2nc(Cl)ncc2OC)c1.CS(=O)(=O)CCBr.CS(=O)(=O)CCN1CCN(c2ccc(N)cc2)CC1.CS(=O)(=O)CCN1CCN(c2ccc([N+](=O)[O-])cc2)CC1.CS(=O)(=O)CCO.Cc1ccc(N2CCN(CCS(C)(=O)=O)CC2)cc1.O=[N+]([O-])c1ccc(N2CCNCC2)cc1. The molecule has 0 spiro atoms. The Morgan fingerprint density at radius 3 is 1.27 bits per heavy atom. The number of rotatable bonds is 24. The van der Waals surface area contributed by atoms with Crippen molar-refractivity contribution in [3.63, 3.8) is 0 Å². The Morgan fingerprint density at radius 2 is 0.966 bits per heavy atom. The molecular formula is C74H110Br4ClN14O19PS5. The Hall–Kier alpha value is -6.06. The van der Waals surface area contributed by atoms with Crippen LogP contribution in [0.15, 0.2) is 140 Å². The predicted molar refractivity (Wildman–Crippen MR) is 491 cm³/mol. The summed E-state index contributed by atoms with van der Waals surface area (Å²) in [6.07, 6.45) is 11.3. The number of aryl methyl sites for hydroxylation is 1. The van der Waals surface area contributed by atoms with E-state index in [1.54, 1.807) is 48.5 Å². The number of alkyl halides is 1. The molecule has 1 amide bonds. The lowest BCUT2D eigenvalue weighted by Crippen LogP contribution is -2.47. The van der Waals surface area contributed by atoms with Crippen LogP contribution in [0.4, 0.5) is 45.5 Å². The van der Waals surface area contributed by atoms with Gasteiger partial charge in [-0.2, -0.15) is 4.98 Å². The zero-order valence-corrected chi connectivity index (χ0v) is 79.4. The van der Waals surface area contributed by atoms with E-state index in [1.807, 2.05) is 36.4 Å². The number of non-ortho nitro benzene ring substituents is 2. The van der Waals surface area contributed by atoms with E-state index >= 15 is 0 Å². The van der Waals surface area contributed by atoms with Gasteiger partial charge in [0.05, 0.1) is 58.5 Å². The summed E-state index contributed by atoms with van der Waals surface area (Å²) in [6, 6.07) is 36.5. The lowest BCUT2D eigenvalue weighted by atomic mass is 10.2. The third-order valence-corrected chi connectivity index (χ3v) is 23.0. The molecule has 44 heteroatoms. The number of aliphatic hydroxyl groups is 1. The van der Waals surface area contributed by atoms with Gasteiger partial charge >= 0.3 is 0 Å². The molecule has 5 aliphatic rings. The van der Waals surface area contributed by atoms with Gasteiger partial charge in [0.1, 0.15) is 59.0 Å². The van der Waals surface area contributed by atoms with Crippen molar-refractivity contribution < 1.29 is 76.0 Å². The molecule has 5 N–H and O–H groups in total. The van der Waals surface area contributed by atoms with Gasteiger partial charge in [0, 0.05) is 239 Å². The first kappa shape index (κ1) is 106. The lowest BCUT2D eigenvalue weighted by Gasteiger charge is -2.36. The number of hydrogen-bond acceptors (Lipinski definition) is 30. The third-order valence-electron chi connectivity index (χ3n) is 17.2. The molecule has 0 atom stereocenters. The molecule has 0 bridgehead atoms. The Balaban J connectivity index is 0.000000357. The van der Waals surface area contributed by atoms with Crippen molar-refractivity contribution in [1.29, 1.82) is 0 Å². The first-order chi connectivity index (χ1) is 55.5. The molecule has 6 aromatic rings. The number of aliphatic hydroxyl groups excluding tert-OH is 1. The van der Waals surface area contributed by atoms with Crippen LogP contribution in [0, 0.1) is 27.2 Å². The van der Waals surface area contributed by atoms with Crippen LogP contribution in [0.25, 0.3) is 0 Å². The number of amides is 1. The predicted octanol–water partition coefficient (Wildman–Crippen LogP) is 10.1. The smallest absolute Gasteiger partial charge is 0.269 e. The van der Waals surface area contributed by atoms with Crippen molar-refractivity contribution in [2.75, 3.05) is 247 Å². The second-order valence-electron chi connectivity index (χ2n) is 27.1. The van der Waals surface area contributed by atoms with Crippen LogP contribution in [0.2, 0.25) is 5.28 Å². The molecule has 5 fully saturated rings. The maximum absolute atomic E-state index is 11.3. The van der Waals surface area contributed by atoms with Gasteiger partial charge in [0.15, 0.2) is 5.75 Å². The van der Waals surface area contributed by atoms with Crippen molar-refractivity contribution in [1.82, 2.24) is 30.0 Å². The van der Waals surface area contributed by atoms with Gasteiger partial charge in [-0.1, -0.05) is 46.3 Å². The average molecular weight is 2050 g/mol. The number of hydrogen-bond donors (Lipinski definition) is 4. The van der Waals surface area contributed by atoms with Gasteiger partial charge in [-0.15, -0.1) is 0 Å². The number of carbonyl (C=O) groups is 1. The third kappa shape index (κ3) is 49.8. The normalized spacial score (nSPS) is 15.2. The number of piperazine rings is 4. The Kier molecular flexibility index (Phi) is 50.2. The van der Waals surface area contributed by atoms with Gasteiger partial charge < -0.3 is 55.3 Å². The van der Waals surface area contributed by atoms with Crippen LogP contribution < -0.4 is 45.4 Å². The van der Waals surface area contributed by atoms with E-state index < -0.39 is 54.1 Å². The van der Waals surface area contributed by atoms with Crippen molar-refractivity contribution in [2.24, 2.45) is 0 Å². The number of halogens is 5. The van der Waals surface area contributed by atoms with E-state index in [0.717, 1.165) is 141 Å². The van der Waals surface area contributed by atoms with E-state index in [-0.39, 0.29) is 72.8 Å². The first-order valence-electron chi connectivity index (χ1n) is 36.9. The molecule has 5 aliphatic heterocycles. The summed E-state index contributed by atoms with van der Waals surface area (Å²) in [5, 5.41) is 35.6. The van der Waals surface area contributed by atoms with Crippen molar-refractivity contribution in [3.8, 4) is 17.4 Å². The highest BCUT2D eigenvalue weighted by atomic mass is 80.0. The quantitative estimate of drug-likeness (QED) is 0.00832. The number of methoxy groups -OCH3 is 1. The number of nitrogens with one attached hydrogen (secondary N) is 2. The number of nitro benzene ring substituents is 2. The van der Waals surface area contributed by atoms with Crippen LogP contribution in [0.3, 0.4) is 0 Å². The van der Waals surface area contributed by atoms with Gasteiger partial charge in [-0.25, -0.2) is 47.1 Å². The second-order valence-corrected chi connectivity index (χ2v) is 54.9. The maximum atomic E-state index is 11.3. The van der Waals surface area contributed by atoms with Crippen LogP contribution in [-0.4, -0.2) is 304 Å². The fraction of sp³-hybridized carbons (Fsp3) is 0.500. The van der Waals surface area contributed by atoms with Gasteiger partial charge in [0.25, 0.3) is 17.3 Å². The highest BCUT2D eigenvalue weighted by Gasteiger charge is 2.23. The molecule has 5 aromatic carbocycles. The number of carbonyl (C=O) groups excluding carboxylic acids is 1. The number of aromatic nitrogens is 2. The molecule has 6 heterocycles. The fourth-order valence-corrected chi connectivity index (χ4v) is 15.1. The topological polar surface area (TPSA) is 421 Å². The highest BCUT2D eigenvalue weighted by molar-refractivity contribution is 9.93. The van der Waals surface area contributed by atoms with Gasteiger partial charge in [0.2, 0.25) is 11.2 Å². The minimum absolute atomic E-state index is 0.0434. The summed E-state index contributed by atoms with van der Waals surface area (Å²) in [5.41, 5.74) is 13.0. The summed E-state index contributed by atoms with van der Waals surface area (Å²) >= 11 is 18.2. The minimum atomic E-state index is -2.92. The zero-order valence-electron chi connectivity index (χ0n) is 67.3. The lowest BCUT2D eigenvalue weighted by molar-refractivity contribution is -0.385. The number of nitrogen functional groups attached to an aromatic ring is 1. The molecule has 0 radical (unpaired) electrons. The van der Waals surface area contributed by atoms with E-state index in [2.05, 4.69) is 155 Å². The monoisotopic (exact) mass is 2040 g/mol. The van der Waals surface area contributed by atoms with Crippen LogP contribution >= 0.6 is 78.0 Å². The number of sulfone groups is 5. The molecule has 0 aliphatic carbocycles. The summed E-state index contributed by atoms with van der Waals surface area (Å²) in [7, 11) is -12.8. The minimum Gasteiger partial charge on any atom is -0.490 e. The van der Waals surface area contributed by atoms with E-state index in [9.17, 15) is 67.1 Å². The number of ether oxygens (including phenoxy) is 3. The molecule has 11 rings (SSSR count). The number of nitrogens with zero attached hydrogens (tertiary/aromatic N) is 11. The Bertz CT molecular complexity index is 4430. The Labute approximate surface area is 734 Å². The molecule has 660 valence electrons. The molecule has 0 saturated carbocycles. The highest BCUT2D eigenvalue weighted by Crippen LogP contribution is 2.59. The zero-order chi connectivity index (χ0) is 88.1. The second kappa shape index (κ2) is 55.9. The summed E-state index contributed by atoms with van der Waals surface area (Å²) in [6.45, 7) is 23.5. The number of nitrogens with two attached hydrogens (primary N) is 1. The van der Waals surface area contributed by atoms with Crippen LogP contribution in [-0.2, 0) is 58.7 Å². The summed E-state index contributed by atoms with van der Waals surface area (Å²) in [5.74, 6) is 1.47. The van der Waals surface area contributed by atoms with E-state index in [1.165, 1.54) is 86.3 Å².